The van der Waals surface area contributed by atoms with Crippen LogP contribution < -0.4 is 0 Å². The minimum atomic E-state index is -0.566. The summed E-state index contributed by atoms with van der Waals surface area (Å²) in [4.78, 5) is 26.0. The van der Waals surface area contributed by atoms with Gasteiger partial charge in [0.1, 0.15) is 0 Å². The van der Waals surface area contributed by atoms with E-state index in [-0.39, 0.29) is 23.8 Å². The zero-order valence-corrected chi connectivity index (χ0v) is 18.3. The summed E-state index contributed by atoms with van der Waals surface area (Å²) in [5, 5.41) is 10.4. The molecule has 162 valence electrons. The average Bonchev–Trinajstić information content (AvgIpc) is 3.10. The van der Waals surface area contributed by atoms with Crippen LogP contribution in [-0.4, -0.2) is 47.2 Å². The van der Waals surface area contributed by atoms with Gasteiger partial charge in [0, 0.05) is 25.8 Å². The van der Waals surface area contributed by atoms with Gasteiger partial charge in [-0.1, -0.05) is 38.1 Å². The second-order valence-electron chi connectivity index (χ2n) is 7.62. The molecule has 5 nitrogen and oxygen atoms in total. The highest BCUT2D eigenvalue weighted by molar-refractivity contribution is 5.89. The summed E-state index contributed by atoms with van der Waals surface area (Å²) in [5.74, 6) is 5.99. The van der Waals surface area contributed by atoms with E-state index in [2.05, 4.69) is 11.8 Å². The first kappa shape index (κ1) is 23.7. The van der Waals surface area contributed by atoms with Gasteiger partial charge in [-0.15, -0.1) is 11.8 Å². The van der Waals surface area contributed by atoms with Crippen LogP contribution in [0.25, 0.3) is 0 Å². The molecule has 1 amide bonds. The SMILES string of the molecule is CCC#CC[C@H](C)[C@H](O)/C=C/[C@H]1CCC(=O)N1CCc1ccc(C(=O)OCC)cc1. The van der Waals surface area contributed by atoms with Gasteiger partial charge in [0.15, 0.2) is 0 Å². The molecule has 0 spiro atoms. The molecule has 30 heavy (non-hydrogen) atoms. The number of esters is 1. The summed E-state index contributed by atoms with van der Waals surface area (Å²) in [6.07, 6.45) is 6.70. The molecular formula is C25H33NO4. The van der Waals surface area contributed by atoms with Crippen LogP contribution in [0.1, 0.15) is 62.4 Å². The van der Waals surface area contributed by atoms with Crippen molar-refractivity contribution in [3.8, 4) is 11.8 Å². The molecule has 0 aliphatic carbocycles. The van der Waals surface area contributed by atoms with Crippen LogP contribution in [0, 0.1) is 17.8 Å². The van der Waals surface area contributed by atoms with Crippen molar-refractivity contribution in [2.75, 3.05) is 13.2 Å². The van der Waals surface area contributed by atoms with Crippen molar-refractivity contribution >= 4 is 11.9 Å². The van der Waals surface area contributed by atoms with Gasteiger partial charge in [-0.05, 0) is 43.4 Å². The third-order valence-electron chi connectivity index (χ3n) is 5.32. The Morgan fingerprint density at radius 2 is 2.03 bits per heavy atom. The fourth-order valence-corrected chi connectivity index (χ4v) is 3.43. The maximum atomic E-state index is 12.3. The smallest absolute Gasteiger partial charge is 0.338 e. The Balaban J connectivity index is 1.91. The molecule has 2 rings (SSSR count). The van der Waals surface area contributed by atoms with E-state index < -0.39 is 6.10 Å². The lowest BCUT2D eigenvalue weighted by Gasteiger charge is -2.23. The average molecular weight is 412 g/mol. The summed E-state index contributed by atoms with van der Waals surface area (Å²) in [7, 11) is 0. The number of carbonyl (C=O) groups excluding carboxylic acids is 2. The van der Waals surface area contributed by atoms with Crippen LogP contribution in [0.5, 0.6) is 0 Å². The van der Waals surface area contributed by atoms with Crippen molar-refractivity contribution in [2.45, 2.75) is 65.0 Å². The van der Waals surface area contributed by atoms with Crippen molar-refractivity contribution in [3.05, 3.63) is 47.5 Å². The second-order valence-corrected chi connectivity index (χ2v) is 7.62. The number of carbonyl (C=O) groups is 2. The van der Waals surface area contributed by atoms with E-state index in [4.69, 9.17) is 4.74 Å². The topological polar surface area (TPSA) is 66.8 Å². The lowest BCUT2D eigenvalue weighted by atomic mass is 10.00. The minimum absolute atomic E-state index is 0.0138. The van der Waals surface area contributed by atoms with Gasteiger partial charge in [0.2, 0.25) is 5.91 Å². The highest BCUT2D eigenvalue weighted by Gasteiger charge is 2.28. The van der Waals surface area contributed by atoms with Crippen LogP contribution in [0.2, 0.25) is 0 Å². The lowest BCUT2D eigenvalue weighted by molar-refractivity contribution is -0.128. The summed E-state index contributed by atoms with van der Waals surface area (Å²) in [6, 6.07) is 7.34. The molecule has 1 aliphatic heterocycles. The van der Waals surface area contributed by atoms with Crippen molar-refractivity contribution in [1.29, 1.82) is 0 Å². The van der Waals surface area contributed by atoms with E-state index >= 15 is 0 Å². The fraction of sp³-hybridized carbons (Fsp3) is 0.520. The molecule has 3 atom stereocenters. The van der Waals surface area contributed by atoms with Gasteiger partial charge in [0.25, 0.3) is 0 Å². The maximum Gasteiger partial charge on any atom is 0.338 e. The number of nitrogens with zero attached hydrogens (tertiary/aromatic N) is 1. The molecule has 1 fully saturated rings. The second kappa shape index (κ2) is 12.2. The van der Waals surface area contributed by atoms with Crippen LogP contribution in [0.4, 0.5) is 0 Å². The Morgan fingerprint density at radius 1 is 1.30 bits per heavy atom. The quantitative estimate of drug-likeness (QED) is 0.382. The zero-order chi connectivity index (χ0) is 21.9. The predicted molar refractivity (Wildman–Crippen MR) is 118 cm³/mol. The number of ether oxygens (including phenoxy) is 1. The Hall–Kier alpha value is -2.58. The van der Waals surface area contributed by atoms with Crippen LogP contribution in [0.3, 0.4) is 0 Å². The van der Waals surface area contributed by atoms with Gasteiger partial charge >= 0.3 is 5.97 Å². The number of hydrogen-bond acceptors (Lipinski definition) is 4. The number of benzene rings is 1. The largest absolute Gasteiger partial charge is 0.462 e. The third-order valence-corrected chi connectivity index (χ3v) is 5.32. The third kappa shape index (κ3) is 7.03. The van der Waals surface area contributed by atoms with Crippen LogP contribution in [0.15, 0.2) is 36.4 Å². The minimum Gasteiger partial charge on any atom is -0.462 e. The van der Waals surface area contributed by atoms with Crippen molar-refractivity contribution in [2.24, 2.45) is 5.92 Å². The number of rotatable bonds is 9. The molecule has 0 aromatic heterocycles. The highest BCUT2D eigenvalue weighted by atomic mass is 16.5. The molecular weight excluding hydrogens is 378 g/mol. The Bertz CT molecular complexity index is 788. The van der Waals surface area contributed by atoms with Crippen LogP contribution >= 0.6 is 0 Å². The van der Waals surface area contributed by atoms with Crippen LogP contribution in [-0.2, 0) is 16.0 Å². The maximum absolute atomic E-state index is 12.3. The molecule has 0 saturated carbocycles. The summed E-state index contributed by atoms with van der Waals surface area (Å²) >= 11 is 0. The van der Waals surface area contributed by atoms with E-state index in [1.165, 1.54) is 0 Å². The molecule has 1 N–H and O–H groups in total. The Morgan fingerprint density at radius 3 is 2.70 bits per heavy atom. The number of aliphatic hydroxyl groups excluding tert-OH is 1. The number of likely N-dealkylation sites (tertiary alicyclic amines) is 1. The standard InChI is InChI=1S/C25H33NO4/c1-4-6-7-8-19(3)23(27)15-13-22-14-16-24(28)26(22)18-17-20-9-11-21(12-10-20)25(29)30-5-2/h9-13,15,19,22-23,27H,4-5,8,14,16-18H2,1-3H3/b15-13+/t19-,22-,23+/m0/s1. The Labute approximate surface area is 180 Å². The van der Waals surface area contributed by atoms with E-state index in [0.29, 0.717) is 38.0 Å². The molecule has 0 bridgehead atoms. The summed E-state index contributed by atoms with van der Waals surface area (Å²) in [6.45, 7) is 6.74. The number of hydrogen-bond donors (Lipinski definition) is 1. The highest BCUT2D eigenvalue weighted by Crippen LogP contribution is 2.21. The predicted octanol–water partition coefficient (Wildman–Crippen LogP) is 3.75. The number of aliphatic hydroxyl groups is 1. The monoisotopic (exact) mass is 411 g/mol. The molecule has 0 unspecified atom stereocenters. The van der Waals surface area contributed by atoms with Crippen molar-refractivity contribution < 1.29 is 19.4 Å². The number of amides is 1. The van der Waals surface area contributed by atoms with E-state index in [0.717, 1.165) is 18.4 Å². The molecule has 0 radical (unpaired) electrons. The first-order valence-corrected chi connectivity index (χ1v) is 10.8. The molecule has 1 heterocycles. The van der Waals surface area contributed by atoms with Gasteiger partial charge in [-0.2, -0.15) is 0 Å². The van der Waals surface area contributed by atoms with Gasteiger partial charge < -0.3 is 14.7 Å². The molecule has 1 saturated heterocycles. The van der Waals surface area contributed by atoms with Gasteiger partial charge in [-0.3, -0.25) is 4.79 Å². The lowest BCUT2D eigenvalue weighted by Crippen LogP contribution is -2.34. The normalized spacial score (nSPS) is 18.2. The van der Waals surface area contributed by atoms with E-state index in [9.17, 15) is 14.7 Å². The van der Waals surface area contributed by atoms with Gasteiger partial charge in [0.05, 0.1) is 24.3 Å². The molecule has 1 aliphatic rings. The van der Waals surface area contributed by atoms with Gasteiger partial charge in [-0.25, -0.2) is 4.79 Å². The van der Waals surface area contributed by atoms with Crippen molar-refractivity contribution in [1.82, 2.24) is 4.90 Å². The fourth-order valence-electron chi connectivity index (χ4n) is 3.43. The molecule has 5 heteroatoms. The van der Waals surface area contributed by atoms with E-state index in [1.54, 1.807) is 19.1 Å². The molecule has 1 aromatic carbocycles. The van der Waals surface area contributed by atoms with E-state index in [1.807, 2.05) is 43.0 Å². The first-order chi connectivity index (χ1) is 14.5. The summed E-state index contributed by atoms with van der Waals surface area (Å²) in [5.41, 5.74) is 1.60. The molecule has 1 aromatic rings. The Kier molecular flexibility index (Phi) is 9.63. The zero-order valence-electron chi connectivity index (χ0n) is 18.3. The van der Waals surface area contributed by atoms with Crippen molar-refractivity contribution in [3.63, 3.8) is 0 Å². The summed E-state index contributed by atoms with van der Waals surface area (Å²) < 4.78 is 5.00. The first-order valence-electron chi connectivity index (χ1n) is 10.8.